The van der Waals surface area contributed by atoms with Crippen molar-refractivity contribution in [3.8, 4) is 5.75 Å². The number of ether oxygens (including phenoxy) is 1. The van der Waals surface area contributed by atoms with Crippen LogP contribution in [-0.2, 0) is 4.65 Å². The maximum absolute atomic E-state index is 6.13. The second-order valence-electron chi connectivity index (χ2n) is 5.86. The third-order valence-electron chi connectivity index (χ3n) is 4.85. The second kappa shape index (κ2) is 5.17. The summed E-state index contributed by atoms with van der Waals surface area (Å²) in [6.45, 7) is 0. The predicted octanol–water partition coefficient (Wildman–Crippen LogP) is 4.04. The van der Waals surface area contributed by atoms with E-state index in [1.807, 2.05) is 19.3 Å². The quantitative estimate of drug-likeness (QED) is 0.767. The van der Waals surface area contributed by atoms with E-state index in [-0.39, 0.29) is 11.3 Å². The number of halogens is 1. The molecule has 0 fully saturated rings. The van der Waals surface area contributed by atoms with Gasteiger partial charge in [0.25, 0.3) is 0 Å². The number of methoxy groups -OCH3 is 1. The van der Waals surface area contributed by atoms with E-state index in [4.69, 9.17) is 21.0 Å². The molecule has 1 heterocycles. The van der Waals surface area contributed by atoms with E-state index in [2.05, 4.69) is 36.4 Å². The van der Waals surface area contributed by atoms with Crippen LogP contribution in [0.4, 0.5) is 0 Å². The molecule has 2 nitrogen and oxygen atoms in total. The first-order valence-electron chi connectivity index (χ1n) is 7.53. The molecule has 0 saturated carbocycles. The first-order chi connectivity index (χ1) is 10.8. The molecule has 0 saturated heterocycles. The molecule has 1 aromatic rings. The maximum atomic E-state index is 6.13. The summed E-state index contributed by atoms with van der Waals surface area (Å²) in [5, 5.41) is 0.696. The molecule has 2 aliphatic carbocycles. The van der Waals surface area contributed by atoms with Gasteiger partial charge in [-0.15, -0.1) is 0 Å². The van der Waals surface area contributed by atoms with E-state index in [0.717, 1.165) is 24.4 Å². The molecule has 0 N–H and O–H groups in total. The molecule has 4 rings (SSSR count). The van der Waals surface area contributed by atoms with Gasteiger partial charge in [0, 0.05) is 0 Å². The van der Waals surface area contributed by atoms with Gasteiger partial charge in [0.15, 0.2) is 0 Å². The van der Waals surface area contributed by atoms with Gasteiger partial charge in [0.1, 0.15) is 0 Å². The zero-order chi connectivity index (χ0) is 15.2. The van der Waals surface area contributed by atoms with Crippen LogP contribution in [0.1, 0.15) is 24.3 Å². The van der Waals surface area contributed by atoms with E-state index >= 15 is 0 Å². The van der Waals surface area contributed by atoms with E-state index in [1.165, 1.54) is 11.0 Å². The van der Waals surface area contributed by atoms with Crippen molar-refractivity contribution in [3.63, 3.8) is 0 Å². The standard InChI is InChI=1S/C18H16BClO2/c1-21-15-11-12(20)8-9-13(15)14-5-4-7-17-18(14)10-3-2-6-16(18)19-22-17/h2-3,6-11,14H,4-5H2,1H3. The van der Waals surface area contributed by atoms with Crippen molar-refractivity contribution < 1.29 is 9.39 Å². The number of hydrogen-bond donors (Lipinski definition) is 0. The Balaban J connectivity index is 1.89. The third kappa shape index (κ3) is 1.85. The summed E-state index contributed by atoms with van der Waals surface area (Å²) in [6.07, 6.45) is 12.9. The van der Waals surface area contributed by atoms with Crippen molar-refractivity contribution in [2.45, 2.75) is 18.8 Å². The normalized spacial score (nSPS) is 28.0. The average molecular weight is 311 g/mol. The van der Waals surface area contributed by atoms with Crippen molar-refractivity contribution in [1.29, 1.82) is 0 Å². The molecular formula is C18H16BClO2. The van der Waals surface area contributed by atoms with Gasteiger partial charge in [-0.05, 0) is 0 Å². The van der Waals surface area contributed by atoms with E-state index < -0.39 is 0 Å². The molecule has 110 valence electrons. The molecule has 22 heavy (non-hydrogen) atoms. The van der Waals surface area contributed by atoms with E-state index in [9.17, 15) is 0 Å². The van der Waals surface area contributed by atoms with Crippen LogP contribution in [0.25, 0.3) is 0 Å². The third-order valence-corrected chi connectivity index (χ3v) is 5.09. The Morgan fingerprint density at radius 1 is 1.36 bits per heavy atom. The Hall–Kier alpha value is -1.74. The van der Waals surface area contributed by atoms with Crippen molar-refractivity contribution in [2.24, 2.45) is 5.41 Å². The van der Waals surface area contributed by atoms with Gasteiger partial charge in [0.2, 0.25) is 0 Å². The summed E-state index contributed by atoms with van der Waals surface area (Å²) in [6, 6.07) is 5.92. The molecule has 0 bridgehead atoms. The second-order valence-corrected chi connectivity index (χ2v) is 6.30. The van der Waals surface area contributed by atoms with Gasteiger partial charge in [-0.1, -0.05) is 0 Å². The van der Waals surface area contributed by atoms with Crippen molar-refractivity contribution >= 4 is 24.2 Å². The van der Waals surface area contributed by atoms with Gasteiger partial charge in [-0.25, -0.2) is 0 Å². The minimum atomic E-state index is -0.200. The number of rotatable bonds is 2. The SMILES string of the molecule is COc1cc(Cl)ccc1C1CCC=C2OB=C3C=CC=CC321. The molecule has 3 aliphatic rings. The summed E-state index contributed by atoms with van der Waals surface area (Å²) in [5.74, 6) is 2.17. The predicted molar refractivity (Wildman–Crippen MR) is 90.6 cm³/mol. The Bertz CT molecular complexity index is 747. The zero-order valence-corrected chi connectivity index (χ0v) is 13.1. The van der Waals surface area contributed by atoms with Crippen molar-refractivity contribution in [2.75, 3.05) is 7.11 Å². The fourth-order valence-electron chi connectivity index (χ4n) is 3.87. The van der Waals surface area contributed by atoms with Crippen LogP contribution in [-0.4, -0.2) is 19.7 Å². The number of allylic oxidation sites excluding steroid dienone is 5. The van der Waals surface area contributed by atoms with Crippen molar-refractivity contribution in [3.05, 3.63) is 64.9 Å². The van der Waals surface area contributed by atoms with Crippen molar-refractivity contribution in [1.82, 2.24) is 0 Å². The zero-order valence-electron chi connectivity index (χ0n) is 12.4. The van der Waals surface area contributed by atoms with Gasteiger partial charge >= 0.3 is 136 Å². The van der Waals surface area contributed by atoms with Crippen LogP contribution < -0.4 is 4.74 Å². The number of hydrogen-bond acceptors (Lipinski definition) is 2. The molecular weight excluding hydrogens is 294 g/mol. The monoisotopic (exact) mass is 310 g/mol. The van der Waals surface area contributed by atoms with Gasteiger partial charge < -0.3 is 0 Å². The molecule has 0 radical (unpaired) electrons. The van der Waals surface area contributed by atoms with Crippen LogP contribution >= 0.6 is 11.6 Å². The van der Waals surface area contributed by atoms with Gasteiger partial charge in [-0.3, -0.25) is 0 Å². The molecule has 2 atom stereocenters. The van der Waals surface area contributed by atoms with E-state index in [1.54, 1.807) is 7.11 Å². The van der Waals surface area contributed by atoms with Crippen LogP contribution in [0.15, 0.2) is 54.3 Å². The van der Waals surface area contributed by atoms with Gasteiger partial charge in [0.05, 0.1) is 0 Å². The summed E-state index contributed by atoms with van der Waals surface area (Å²) in [4.78, 5) is 0. The number of benzene rings is 1. The summed E-state index contributed by atoms with van der Waals surface area (Å²) >= 11 is 6.13. The molecule has 0 amide bonds. The molecule has 1 aromatic carbocycles. The van der Waals surface area contributed by atoms with Crippen LogP contribution in [0, 0.1) is 5.41 Å². The Labute approximate surface area is 136 Å². The molecule has 0 aromatic heterocycles. The van der Waals surface area contributed by atoms with Crippen LogP contribution in [0.5, 0.6) is 5.75 Å². The summed E-state index contributed by atoms with van der Waals surface area (Å²) < 4.78 is 11.5. The Kier molecular flexibility index (Phi) is 3.26. The fraction of sp³-hybridized carbons (Fsp3) is 0.278. The molecule has 4 heteroatoms. The van der Waals surface area contributed by atoms with Gasteiger partial charge in [-0.2, -0.15) is 0 Å². The fourth-order valence-corrected chi connectivity index (χ4v) is 4.04. The summed E-state index contributed by atoms with van der Waals surface area (Å²) in [5.41, 5.74) is 2.20. The average Bonchev–Trinajstić information content (AvgIpc) is 2.94. The van der Waals surface area contributed by atoms with Crippen LogP contribution in [0.2, 0.25) is 5.02 Å². The summed E-state index contributed by atoms with van der Waals surface area (Å²) in [7, 11) is 3.58. The van der Waals surface area contributed by atoms with E-state index in [0.29, 0.717) is 5.02 Å². The Morgan fingerprint density at radius 2 is 2.27 bits per heavy atom. The topological polar surface area (TPSA) is 18.5 Å². The Morgan fingerprint density at radius 3 is 3.14 bits per heavy atom. The van der Waals surface area contributed by atoms with Crippen LogP contribution in [0.3, 0.4) is 0 Å². The minimum absolute atomic E-state index is 0.200. The first-order valence-corrected chi connectivity index (χ1v) is 7.91. The molecule has 1 spiro atoms. The first kappa shape index (κ1) is 13.9. The molecule has 1 aliphatic heterocycles. The molecule has 2 unspecified atom stereocenters.